The van der Waals surface area contributed by atoms with Crippen LogP contribution in [0.1, 0.15) is 18.2 Å². The van der Waals surface area contributed by atoms with Gasteiger partial charge >= 0.3 is 17.9 Å². The molecule has 9 nitrogen and oxygen atoms in total. The number of carbonyl (C=O) groups excluding carboxylic acids is 1. The molecule has 1 saturated heterocycles. The maximum Gasteiger partial charge on any atom is 0.471 e. The van der Waals surface area contributed by atoms with Crippen molar-refractivity contribution in [2.24, 2.45) is 0 Å². The van der Waals surface area contributed by atoms with Crippen LogP contribution in [0.5, 0.6) is 0 Å². The van der Waals surface area contributed by atoms with Crippen LogP contribution in [0.15, 0.2) is 12.3 Å². The molecule has 1 unspecified atom stereocenters. The number of aromatic nitrogens is 1. The largest absolute Gasteiger partial charge is 0.471 e. The Labute approximate surface area is 144 Å². The topological polar surface area (TPSA) is 127 Å². The zero-order valence-electron chi connectivity index (χ0n) is 13.1. The fraction of sp³-hybridized carbons (Fsp3) is 0.500. The highest BCUT2D eigenvalue weighted by Crippen LogP contribution is 2.33. The molecule has 142 valence electrons. The molecule has 1 amide bonds. The lowest BCUT2D eigenvalue weighted by Gasteiger charge is -2.10. The fourth-order valence-corrected chi connectivity index (χ4v) is 2.33. The Kier molecular flexibility index (Phi) is 5.86. The number of rotatable bonds is 4. The van der Waals surface area contributed by atoms with Crippen LogP contribution in [0.4, 0.5) is 19.0 Å². The normalized spacial score (nSPS) is 22.6. The Morgan fingerprint density at radius 2 is 2.23 bits per heavy atom. The smallest absolute Gasteiger partial charge is 0.394 e. The molecule has 1 aliphatic heterocycles. The lowest BCUT2D eigenvalue weighted by Crippen LogP contribution is -2.36. The van der Waals surface area contributed by atoms with Crippen LogP contribution in [0, 0.1) is 22.0 Å². The molecule has 0 saturated carbocycles. The molecule has 0 aliphatic carbocycles. The Morgan fingerprint density at radius 1 is 1.54 bits per heavy atom. The first-order valence-corrected chi connectivity index (χ1v) is 7.28. The van der Waals surface area contributed by atoms with Crippen LogP contribution in [0.25, 0.3) is 0 Å². The number of alkyl halides is 3. The summed E-state index contributed by atoms with van der Waals surface area (Å²) in [4.78, 5) is 21.1. The third kappa shape index (κ3) is 4.51. The molecule has 1 aromatic heterocycles. The predicted molar refractivity (Wildman–Crippen MR) is 78.6 cm³/mol. The Balaban J connectivity index is 2.12. The van der Waals surface area contributed by atoms with Gasteiger partial charge in [0.05, 0.1) is 30.9 Å². The molecule has 2 rings (SSSR count). The van der Waals surface area contributed by atoms with Crippen molar-refractivity contribution in [2.45, 2.75) is 31.0 Å². The number of aliphatic hydroxyl groups excluding tert-OH is 2. The summed E-state index contributed by atoms with van der Waals surface area (Å²) in [7, 11) is 0. The third-order valence-electron chi connectivity index (χ3n) is 3.54. The van der Waals surface area contributed by atoms with Gasteiger partial charge in [0, 0.05) is 6.42 Å². The minimum Gasteiger partial charge on any atom is -0.394 e. The zero-order chi connectivity index (χ0) is 19.5. The number of hydrogen-bond donors (Lipinski definition) is 3. The Hall–Kier alpha value is -2.62. The van der Waals surface area contributed by atoms with E-state index in [1.54, 1.807) is 5.32 Å². The van der Waals surface area contributed by atoms with Gasteiger partial charge in [0.1, 0.15) is 12.3 Å². The lowest BCUT2D eigenvalue weighted by molar-refractivity contribution is -0.393. The second-order valence-electron chi connectivity index (χ2n) is 5.35. The molecular formula is C14H14F3N3O6. The second-order valence-corrected chi connectivity index (χ2v) is 5.35. The molecule has 0 aromatic carbocycles. The van der Waals surface area contributed by atoms with Gasteiger partial charge in [0.25, 0.3) is 0 Å². The van der Waals surface area contributed by atoms with Gasteiger partial charge in [-0.3, -0.25) is 4.79 Å². The van der Waals surface area contributed by atoms with E-state index in [9.17, 15) is 33.2 Å². The highest BCUT2D eigenvalue weighted by molar-refractivity contribution is 5.81. The van der Waals surface area contributed by atoms with E-state index < -0.39 is 54.4 Å². The van der Waals surface area contributed by atoms with E-state index in [1.807, 2.05) is 0 Å². The molecule has 0 spiro atoms. The van der Waals surface area contributed by atoms with Gasteiger partial charge in [0.15, 0.2) is 0 Å². The maximum absolute atomic E-state index is 12.0. The van der Waals surface area contributed by atoms with Crippen molar-refractivity contribution in [3.8, 4) is 11.8 Å². The number of nitro groups is 1. The molecule has 26 heavy (non-hydrogen) atoms. The monoisotopic (exact) mass is 377 g/mol. The molecule has 0 bridgehead atoms. The summed E-state index contributed by atoms with van der Waals surface area (Å²) in [5, 5.41) is 31.5. The highest BCUT2D eigenvalue weighted by atomic mass is 19.4. The van der Waals surface area contributed by atoms with E-state index in [0.717, 1.165) is 10.6 Å². The second kappa shape index (κ2) is 7.73. The van der Waals surface area contributed by atoms with Crippen molar-refractivity contribution in [3.05, 3.63) is 27.9 Å². The van der Waals surface area contributed by atoms with Crippen molar-refractivity contribution in [3.63, 3.8) is 0 Å². The summed E-state index contributed by atoms with van der Waals surface area (Å²) < 4.78 is 42.5. The molecule has 12 heteroatoms. The number of nitrogens with zero attached hydrogens (tertiary/aromatic N) is 2. The number of carbonyl (C=O) groups is 1. The average molecular weight is 377 g/mol. The van der Waals surface area contributed by atoms with E-state index in [1.165, 1.54) is 6.20 Å². The Morgan fingerprint density at radius 3 is 2.77 bits per heavy atom. The van der Waals surface area contributed by atoms with E-state index in [4.69, 9.17) is 9.84 Å². The molecular weight excluding hydrogens is 363 g/mol. The van der Waals surface area contributed by atoms with Crippen molar-refractivity contribution in [1.29, 1.82) is 0 Å². The van der Waals surface area contributed by atoms with Crippen LogP contribution >= 0.6 is 0 Å². The van der Waals surface area contributed by atoms with Crippen LogP contribution in [-0.4, -0.2) is 57.1 Å². The van der Waals surface area contributed by atoms with Crippen LogP contribution in [0.3, 0.4) is 0 Å². The van der Waals surface area contributed by atoms with E-state index in [-0.39, 0.29) is 12.0 Å². The minimum atomic E-state index is -5.02. The first-order chi connectivity index (χ1) is 12.1. The molecule has 0 radical (unpaired) electrons. The Bertz CT molecular complexity index is 751. The third-order valence-corrected chi connectivity index (χ3v) is 3.54. The van der Waals surface area contributed by atoms with Crippen LogP contribution in [-0.2, 0) is 9.53 Å². The molecule has 3 atom stereocenters. The van der Waals surface area contributed by atoms with Crippen molar-refractivity contribution in [2.75, 3.05) is 13.2 Å². The lowest BCUT2D eigenvalue weighted by atomic mass is 10.2. The molecule has 3 N–H and O–H groups in total. The van der Waals surface area contributed by atoms with E-state index in [2.05, 4.69) is 11.8 Å². The van der Waals surface area contributed by atoms with Gasteiger partial charge in [-0.05, 0) is 4.92 Å². The van der Waals surface area contributed by atoms with Gasteiger partial charge in [-0.1, -0.05) is 11.8 Å². The van der Waals surface area contributed by atoms with Gasteiger partial charge in [-0.15, -0.1) is 0 Å². The average Bonchev–Trinajstić information content (AvgIpc) is 3.13. The van der Waals surface area contributed by atoms with Crippen LogP contribution in [0.2, 0.25) is 0 Å². The summed E-state index contributed by atoms with van der Waals surface area (Å²) >= 11 is 0. The van der Waals surface area contributed by atoms with E-state index in [0.29, 0.717) is 0 Å². The molecule has 1 fully saturated rings. The van der Waals surface area contributed by atoms with Gasteiger partial charge in [0.2, 0.25) is 6.23 Å². The summed E-state index contributed by atoms with van der Waals surface area (Å²) in [6.07, 6.45) is -6.55. The number of hydrogen-bond acceptors (Lipinski definition) is 6. The minimum absolute atomic E-state index is 0.00918. The molecule has 2 heterocycles. The number of ether oxygens (including phenoxy) is 1. The number of nitrogens with one attached hydrogen (secondary N) is 1. The summed E-state index contributed by atoms with van der Waals surface area (Å²) in [5.74, 6) is 2.12. The van der Waals surface area contributed by atoms with Crippen molar-refractivity contribution in [1.82, 2.24) is 9.88 Å². The summed E-state index contributed by atoms with van der Waals surface area (Å²) in [6.45, 7) is -1.05. The highest BCUT2D eigenvalue weighted by Gasteiger charge is 2.39. The van der Waals surface area contributed by atoms with Crippen molar-refractivity contribution < 1.29 is 37.8 Å². The van der Waals surface area contributed by atoms with E-state index >= 15 is 0 Å². The number of amides is 1. The van der Waals surface area contributed by atoms with Gasteiger partial charge < -0.3 is 30.4 Å². The van der Waals surface area contributed by atoms with Gasteiger partial charge in [-0.25, -0.2) is 4.57 Å². The summed E-state index contributed by atoms with van der Waals surface area (Å²) in [6, 6.07) is 1.08. The number of halogens is 3. The zero-order valence-corrected chi connectivity index (χ0v) is 13.1. The quantitative estimate of drug-likeness (QED) is 0.387. The first-order valence-electron chi connectivity index (χ1n) is 7.28. The molecule has 1 aromatic rings. The SMILES string of the molecule is O=C(NCC#Cc1cc([N+](=O)[O-])n(C2C[C@H](O)[C@@H](CO)O2)c1)C(F)(F)F. The van der Waals surface area contributed by atoms with Gasteiger partial charge in [-0.2, -0.15) is 13.2 Å². The summed E-state index contributed by atoms with van der Waals surface area (Å²) in [5.41, 5.74) is 0.114. The number of aliphatic hydroxyl groups is 2. The van der Waals surface area contributed by atoms with Crippen LogP contribution < -0.4 is 5.32 Å². The maximum atomic E-state index is 12.0. The van der Waals surface area contributed by atoms with Crippen molar-refractivity contribution >= 4 is 11.7 Å². The predicted octanol–water partition coefficient (Wildman–Crippen LogP) is 0.0670. The first kappa shape index (κ1) is 19.7. The standard InChI is InChI=1S/C14H14F3N3O6/c15-14(16,17)13(23)18-3-1-2-8-4-11(20(24)25)19(6-8)12-5-9(22)10(7-21)26-12/h4,6,9-10,12,21-22H,3,5,7H2,(H,18,23)/t9-,10+,12?/m0/s1. The molecule has 1 aliphatic rings. The fourth-order valence-electron chi connectivity index (χ4n) is 2.33.